The summed E-state index contributed by atoms with van der Waals surface area (Å²) in [5.41, 5.74) is 10.5. The Bertz CT molecular complexity index is 739. The lowest BCUT2D eigenvalue weighted by Crippen LogP contribution is -2.34. The number of nitrogens with zero attached hydrogens (tertiary/aromatic N) is 3. The molecule has 0 aliphatic carbocycles. The molecule has 3 N–H and O–H groups in total. The van der Waals surface area contributed by atoms with E-state index in [-0.39, 0.29) is 0 Å². The normalized spacial score (nSPS) is 16.4. The molecule has 6 nitrogen and oxygen atoms in total. The molecule has 2 heterocycles. The highest BCUT2D eigenvalue weighted by Gasteiger charge is 2.21. The van der Waals surface area contributed by atoms with Gasteiger partial charge in [-0.05, 0) is 67.2 Å². The summed E-state index contributed by atoms with van der Waals surface area (Å²) in [7, 11) is 0. The van der Waals surface area contributed by atoms with E-state index in [0.29, 0.717) is 24.8 Å². The summed E-state index contributed by atoms with van der Waals surface area (Å²) in [6.07, 6.45) is 7.48. The van der Waals surface area contributed by atoms with Crippen LogP contribution in [0, 0.1) is 5.53 Å². The molecule has 0 spiro atoms. The minimum absolute atomic E-state index is 0.337. The molecule has 0 radical (unpaired) electrons. The van der Waals surface area contributed by atoms with Crippen LogP contribution >= 0.6 is 0 Å². The third kappa shape index (κ3) is 5.13. The molecule has 1 aromatic carbocycles. The summed E-state index contributed by atoms with van der Waals surface area (Å²) in [5, 5.41) is 16.5. The van der Waals surface area contributed by atoms with E-state index < -0.39 is 0 Å². The fraction of sp³-hybridized carbons (Fsp3) is 0.350. The summed E-state index contributed by atoms with van der Waals surface area (Å²) in [4.78, 5) is 6.33. The molecule has 1 fully saturated rings. The molecule has 2 aromatic rings. The third-order valence-electron chi connectivity index (χ3n) is 4.78. The number of rotatable bonds is 7. The SMILES string of the molecule is N=N/C(=C\NCc1ccncc1)CN1CCC(c2cccc(O)c2)CC1. The average molecular weight is 351 g/mol. The first kappa shape index (κ1) is 18.1. The zero-order valence-corrected chi connectivity index (χ0v) is 14.8. The molecule has 0 unspecified atom stereocenters. The molecule has 26 heavy (non-hydrogen) atoms. The molecule has 136 valence electrons. The van der Waals surface area contributed by atoms with Crippen LogP contribution in [0.2, 0.25) is 0 Å². The Labute approximate surface area is 154 Å². The van der Waals surface area contributed by atoms with Crippen molar-refractivity contribution in [2.24, 2.45) is 5.11 Å². The average Bonchev–Trinajstić information content (AvgIpc) is 2.68. The maximum Gasteiger partial charge on any atom is 0.115 e. The van der Waals surface area contributed by atoms with Gasteiger partial charge in [0.25, 0.3) is 0 Å². The van der Waals surface area contributed by atoms with Crippen LogP contribution in [0.25, 0.3) is 0 Å². The van der Waals surface area contributed by atoms with Gasteiger partial charge in [0.2, 0.25) is 0 Å². The second-order valence-corrected chi connectivity index (χ2v) is 6.63. The fourth-order valence-electron chi connectivity index (χ4n) is 3.33. The number of benzene rings is 1. The number of phenolic OH excluding ortho intramolecular Hbond substituents is 1. The maximum absolute atomic E-state index is 9.65. The number of hydrogen-bond acceptors (Lipinski definition) is 6. The number of pyridine rings is 1. The minimum Gasteiger partial charge on any atom is -0.508 e. The molecular formula is C20H25N5O. The van der Waals surface area contributed by atoms with Crippen LogP contribution in [-0.2, 0) is 6.54 Å². The van der Waals surface area contributed by atoms with Gasteiger partial charge < -0.3 is 10.4 Å². The lowest BCUT2D eigenvalue weighted by molar-refractivity contribution is 0.226. The molecular weight excluding hydrogens is 326 g/mol. The fourth-order valence-corrected chi connectivity index (χ4v) is 3.33. The summed E-state index contributed by atoms with van der Waals surface area (Å²) in [6.45, 7) is 3.32. The van der Waals surface area contributed by atoms with Gasteiger partial charge in [0, 0.05) is 31.7 Å². The maximum atomic E-state index is 9.65. The molecule has 6 heteroatoms. The van der Waals surface area contributed by atoms with Gasteiger partial charge in [0.1, 0.15) is 5.75 Å². The zero-order chi connectivity index (χ0) is 18.2. The van der Waals surface area contributed by atoms with Crippen molar-refractivity contribution in [3.63, 3.8) is 0 Å². The summed E-state index contributed by atoms with van der Waals surface area (Å²) >= 11 is 0. The largest absolute Gasteiger partial charge is 0.508 e. The summed E-state index contributed by atoms with van der Waals surface area (Å²) in [6, 6.07) is 11.5. The Kier molecular flexibility index (Phi) is 6.33. The van der Waals surface area contributed by atoms with Crippen molar-refractivity contribution < 1.29 is 5.11 Å². The van der Waals surface area contributed by atoms with Crippen molar-refractivity contribution in [1.29, 1.82) is 5.53 Å². The van der Waals surface area contributed by atoms with Gasteiger partial charge in [-0.15, -0.1) is 0 Å². The molecule has 0 amide bonds. The summed E-state index contributed by atoms with van der Waals surface area (Å²) < 4.78 is 0. The van der Waals surface area contributed by atoms with E-state index in [1.165, 1.54) is 5.56 Å². The van der Waals surface area contributed by atoms with Crippen LogP contribution in [0.4, 0.5) is 0 Å². The van der Waals surface area contributed by atoms with Crippen LogP contribution in [0.15, 0.2) is 65.8 Å². The molecule has 1 aromatic heterocycles. The molecule has 0 atom stereocenters. The zero-order valence-electron chi connectivity index (χ0n) is 14.8. The van der Waals surface area contributed by atoms with E-state index in [0.717, 1.165) is 37.2 Å². The molecule has 1 aliphatic heterocycles. The van der Waals surface area contributed by atoms with Crippen molar-refractivity contribution in [2.45, 2.75) is 25.3 Å². The smallest absolute Gasteiger partial charge is 0.115 e. The number of likely N-dealkylation sites (tertiary alicyclic amines) is 1. The number of aromatic nitrogens is 1. The predicted octanol–water partition coefficient (Wildman–Crippen LogP) is 3.63. The number of piperidine rings is 1. The predicted molar refractivity (Wildman–Crippen MR) is 101 cm³/mol. The Morgan fingerprint density at radius 2 is 2.04 bits per heavy atom. The van der Waals surface area contributed by atoms with Gasteiger partial charge in [0.05, 0.1) is 5.70 Å². The van der Waals surface area contributed by atoms with Gasteiger partial charge >= 0.3 is 0 Å². The second kappa shape index (κ2) is 9.10. The highest BCUT2D eigenvalue weighted by molar-refractivity contribution is 5.30. The van der Waals surface area contributed by atoms with Crippen molar-refractivity contribution in [3.8, 4) is 5.75 Å². The van der Waals surface area contributed by atoms with E-state index >= 15 is 0 Å². The number of aromatic hydroxyl groups is 1. The van der Waals surface area contributed by atoms with Crippen LogP contribution in [0.3, 0.4) is 0 Å². The van der Waals surface area contributed by atoms with E-state index in [1.807, 2.05) is 30.5 Å². The topological polar surface area (TPSA) is 84.6 Å². The van der Waals surface area contributed by atoms with Gasteiger partial charge in [0.15, 0.2) is 0 Å². The van der Waals surface area contributed by atoms with Crippen LogP contribution in [-0.4, -0.2) is 34.6 Å². The Morgan fingerprint density at radius 1 is 1.27 bits per heavy atom. The van der Waals surface area contributed by atoms with Crippen molar-refractivity contribution in [2.75, 3.05) is 19.6 Å². The molecule has 3 rings (SSSR count). The van der Waals surface area contributed by atoms with Gasteiger partial charge in [-0.1, -0.05) is 12.1 Å². The van der Waals surface area contributed by atoms with Crippen LogP contribution < -0.4 is 5.32 Å². The van der Waals surface area contributed by atoms with Crippen molar-refractivity contribution >= 4 is 0 Å². The van der Waals surface area contributed by atoms with Crippen molar-refractivity contribution in [1.82, 2.24) is 15.2 Å². The molecule has 1 aliphatic rings. The molecule has 0 saturated carbocycles. The monoisotopic (exact) mass is 351 g/mol. The van der Waals surface area contributed by atoms with Crippen molar-refractivity contribution in [3.05, 3.63) is 71.8 Å². The lowest BCUT2D eigenvalue weighted by atomic mass is 9.89. The summed E-state index contributed by atoms with van der Waals surface area (Å²) in [5.74, 6) is 0.826. The van der Waals surface area contributed by atoms with Crippen LogP contribution in [0.1, 0.15) is 29.9 Å². The quantitative estimate of drug-likeness (QED) is 0.665. The Balaban J connectivity index is 1.47. The first-order valence-corrected chi connectivity index (χ1v) is 8.94. The van der Waals surface area contributed by atoms with E-state index in [4.69, 9.17) is 5.53 Å². The van der Waals surface area contributed by atoms with Gasteiger partial charge in [-0.3, -0.25) is 9.88 Å². The number of nitrogens with one attached hydrogen (secondary N) is 2. The highest BCUT2D eigenvalue weighted by Crippen LogP contribution is 2.29. The molecule has 1 saturated heterocycles. The number of hydrogen-bond donors (Lipinski definition) is 3. The van der Waals surface area contributed by atoms with Gasteiger partial charge in [-0.25, -0.2) is 5.53 Å². The first-order valence-electron chi connectivity index (χ1n) is 8.94. The van der Waals surface area contributed by atoms with E-state index in [1.54, 1.807) is 18.5 Å². The third-order valence-corrected chi connectivity index (χ3v) is 4.78. The molecule has 0 bridgehead atoms. The van der Waals surface area contributed by atoms with E-state index in [9.17, 15) is 5.11 Å². The Morgan fingerprint density at radius 3 is 2.73 bits per heavy atom. The van der Waals surface area contributed by atoms with Crippen LogP contribution in [0.5, 0.6) is 5.75 Å². The first-order chi connectivity index (χ1) is 12.7. The second-order valence-electron chi connectivity index (χ2n) is 6.63. The van der Waals surface area contributed by atoms with Gasteiger partial charge in [-0.2, -0.15) is 5.11 Å². The van der Waals surface area contributed by atoms with E-state index in [2.05, 4.69) is 26.4 Å². The minimum atomic E-state index is 0.337. The standard InChI is InChI=1S/C20H25N5O/c21-24-19(14-23-13-16-4-8-22-9-5-16)15-25-10-6-17(7-11-25)18-2-1-3-20(26)12-18/h1-5,8-9,12,14,17,21,23,26H,6-7,10-11,13,15H2/b19-14-,24-21?. The lowest BCUT2D eigenvalue weighted by Gasteiger charge is -2.32. The highest BCUT2D eigenvalue weighted by atomic mass is 16.3. The number of phenols is 1. The Hall–Kier alpha value is -2.73.